The van der Waals surface area contributed by atoms with Crippen molar-refractivity contribution < 1.29 is 71.1 Å². The molecule has 4 saturated carbocycles. The first kappa shape index (κ1) is 129. The highest BCUT2D eigenvalue weighted by atomic mass is 16.5. The zero-order valence-corrected chi connectivity index (χ0v) is 79.7. The first-order valence-electron chi connectivity index (χ1n) is 43.9. The van der Waals surface area contributed by atoms with E-state index < -0.39 is 0 Å². The number of rotatable bonds is 33. The maximum atomic E-state index is 5.48. The average molecular weight is 1540 g/mol. The highest BCUT2D eigenvalue weighted by Gasteiger charge is 2.17. The molecule has 0 aromatic rings. The molecule has 4 aliphatic carbocycles. The van der Waals surface area contributed by atoms with Crippen LogP contribution in [0.1, 0.15) is 391 Å². The molecule has 0 N–H and O–H groups in total. The molecule has 1 unspecified atom stereocenters. The van der Waals surface area contributed by atoms with E-state index >= 15 is 0 Å². The van der Waals surface area contributed by atoms with E-state index in [1.165, 1.54) is 116 Å². The maximum Gasteiger partial charge on any atom is 0.0623 e. The topological polar surface area (TPSA) is 138 Å². The number of hydrogen-bond acceptors (Lipinski definition) is 15. The van der Waals surface area contributed by atoms with Gasteiger partial charge in [0, 0.05) is 127 Å². The van der Waals surface area contributed by atoms with Crippen molar-refractivity contribution in [3.05, 3.63) is 0 Å². The van der Waals surface area contributed by atoms with Crippen molar-refractivity contribution in [2.24, 2.45) is 17.3 Å². The largest absolute Gasteiger partial charge is 0.385 e. The van der Waals surface area contributed by atoms with Crippen molar-refractivity contribution in [1.29, 1.82) is 0 Å². The summed E-state index contributed by atoms with van der Waals surface area (Å²) in [6.45, 7) is 89.8. The molecule has 0 aromatic carbocycles. The van der Waals surface area contributed by atoms with Gasteiger partial charge in [0.25, 0.3) is 0 Å². The second kappa shape index (κ2) is 106. The van der Waals surface area contributed by atoms with Gasteiger partial charge in [-0.15, -0.1) is 0 Å². The van der Waals surface area contributed by atoms with E-state index in [0.29, 0.717) is 54.2 Å². The Morgan fingerprint density at radius 3 is 0.811 bits per heavy atom. The molecule has 4 fully saturated rings. The summed E-state index contributed by atoms with van der Waals surface area (Å²) in [7, 11) is 3.38. The molecule has 15 nitrogen and oxygen atoms in total. The van der Waals surface area contributed by atoms with Crippen molar-refractivity contribution >= 4 is 0 Å². The predicted molar refractivity (Wildman–Crippen MR) is 467 cm³/mol. The normalized spacial score (nSPS) is 14.5. The summed E-state index contributed by atoms with van der Waals surface area (Å²) in [5, 5.41) is 0. The van der Waals surface area contributed by atoms with Crippen LogP contribution in [0.25, 0.3) is 0 Å². The van der Waals surface area contributed by atoms with Gasteiger partial charge in [0.15, 0.2) is 0 Å². The minimum atomic E-state index is 0.0503. The molecule has 0 heterocycles. The van der Waals surface area contributed by atoms with Crippen LogP contribution in [0.4, 0.5) is 0 Å². The van der Waals surface area contributed by atoms with E-state index in [1.54, 1.807) is 14.2 Å². The molecule has 4 rings (SSSR count). The Labute approximate surface area is 668 Å². The summed E-state index contributed by atoms with van der Waals surface area (Å²) in [5.74, 6) is 1.78. The summed E-state index contributed by atoms with van der Waals surface area (Å²) in [5.41, 5.74) is 0.472. The molecule has 0 aromatic heterocycles. The average Bonchev–Trinajstić information content (AvgIpc) is 2.10. The summed E-state index contributed by atoms with van der Waals surface area (Å²) < 4.78 is 77.2. The monoisotopic (exact) mass is 1540 g/mol. The maximum absolute atomic E-state index is 5.48. The molecular weight excluding hydrogens is 1330 g/mol. The Kier molecular flexibility index (Phi) is 129. The van der Waals surface area contributed by atoms with E-state index in [1.807, 2.05) is 104 Å². The van der Waals surface area contributed by atoms with Gasteiger partial charge in [0.2, 0.25) is 0 Å². The third-order valence-corrected chi connectivity index (χ3v) is 15.1. The van der Waals surface area contributed by atoms with Crippen molar-refractivity contribution in [1.82, 2.24) is 0 Å². The van der Waals surface area contributed by atoms with E-state index in [2.05, 4.69) is 150 Å². The van der Waals surface area contributed by atoms with Crippen molar-refractivity contribution in [2.75, 3.05) is 133 Å². The number of methoxy groups -OCH3 is 2. The zero-order valence-electron chi connectivity index (χ0n) is 79.7. The fourth-order valence-electron chi connectivity index (χ4n) is 9.27. The molecule has 1 atom stereocenters. The molecule has 106 heavy (non-hydrogen) atoms. The molecule has 0 bridgehead atoms. The Bertz CT molecular complexity index is 1360. The summed E-state index contributed by atoms with van der Waals surface area (Å²) in [4.78, 5) is 0. The Balaban J connectivity index is -0.000000102. The second-order valence-corrected chi connectivity index (χ2v) is 30.5. The molecule has 658 valence electrons. The Morgan fingerprint density at radius 2 is 0.651 bits per heavy atom. The van der Waals surface area contributed by atoms with Gasteiger partial charge in [-0.25, -0.2) is 0 Å². The van der Waals surface area contributed by atoms with Crippen LogP contribution >= 0.6 is 0 Å². The van der Waals surface area contributed by atoms with Gasteiger partial charge in [0.05, 0.1) is 66.6 Å². The molecule has 15 heteroatoms. The summed E-state index contributed by atoms with van der Waals surface area (Å²) in [6.07, 6.45) is 33.0. The molecule has 0 radical (unpaired) electrons. The van der Waals surface area contributed by atoms with Gasteiger partial charge in [-0.1, -0.05) is 113 Å². The minimum Gasteiger partial charge on any atom is -0.385 e. The van der Waals surface area contributed by atoms with E-state index in [-0.39, 0.29) is 11.2 Å². The third-order valence-electron chi connectivity index (χ3n) is 15.1. The summed E-state index contributed by atoms with van der Waals surface area (Å²) >= 11 is 0. The van der Waals surface area contributed by atoms with Crippen LogP contribution in [0.5, 0.6) is 0 Å². The zero-order chi connectivity index (χ0) is 84.2. The lowest BCUT2D eigenvalue weighted by atomic mass is 9.90. The smallest absolute Gasteiger partial charge is 0.0623 e. The van der Waals surface area contributed by atoms with Crippen LogP contribution in [-0.4, -0.2) is 193 Å². The van der Waals surface area contributed by atoms with Crippen LogP contribution in [0.3, 0.4) is 0 Å². The van der Waals surface area contributed by atoms with E-state index in [4.69, 9.17) is 66.3 Å². The lowest BCUT2D eigenvalue weighted by Crippen LogP contribution is -2.22. The fourth-order valence-corrected chi connectivity index (χ4v) is 9.27. The van der Waals surface area contributed by atoms with Crippen molar-refractivity contribution in [2.45, 2.75) is 451 Å². The quantitative estimate of drug-likeness (QED) is 0.0576. The van der Waals surface area contributed by atoms with Gasteiger partial charge in [-0.05, 0) is 295 Å². The van der Waals surface area contributed by atoms with Crippen LogP contribution in [-0.2, 0) is 71.1 Å². The fraction of sp³-hybridized carbons (Fsp3) is 1.00. The Hall–Kier alpha value is -0.600. The van der Waals surface area contributed by atoms with Crippen molar-refractivity contribution in [3.8, 4) is 0 Å². The predicted octanol–water partition coefficient (Wildman–Crippen LogP) is 26.3. The molecule has 0 amide bonds. The van der Waals surface area contributed by atoms with Gasteiger partial charge in [-0.2, -0.15) is 0 Å². The molecular formula is C91H204O15. The number of hydrogen-bond donors (Lipinski definition) is 0. The summed E-state index contributed by atoms with van der Waals surface area (Å²) in [6, 6.07) is 0. The van der Waals surface area contributed by atoms with Crippen LogP contribution < -0.4 is 0 Å². The Morgan fingerprint density at radius 1 is 0.321 bits per heavy atom. The van der Waals surface area contributed by atoms with Crippen LogP contribution in [0, 0.1) is 17.3 Å². The number of ether oxygens (including phenoxy) is 15. The highest BCUT2D eigenvalue weighted by molar-refractivity contribution is 4.68. The highest BCUT2D eigenvalue weighted by Crippen LogP contribution is 2.25. The molecule has 0 saturated heterocycles. The first-order valence-corrected chi connectivity index (χ1v) is 43.9. The first-order chi connectivity index (χ1) is 50.0. The molecule has 4 aliphatic rings. The van der Waals surface area contributed by atoms with Crippen molar-refractivity contribution in [3.63, 3.8) is 0 Å². The SMILES string of the molecule is CCC(C)OC(C)C.CCCOC(C)C.CCCOCC.CCOC.CCOC(C)(C)C.CCOC(C)(C)CC.CCOC(C)C.CCOC(C)C.CCOC1CCCC1.CCOC1CCCCC1.CCOCC.CCOCC(C)(C)C.CCOCC1CCCC1.CCOCC1CCCCC1.COC(C)C. The third kappa shape index (κ3) is 156. The lowest BCUT2D eigenvalue weighted by molar-refractivity contribution is -0.0125. The molecule has 0 aliphatic heterocycles. The van der Waals surface area contributed by atoms with Gasteiger partial charge in [-0.3, -0.25) is 0 Å². The standard InChI is InChI=1S/C9H18O.2C8H16O.C7H14O.3C7H16O.2C6H14O.3C5H12O.2C4H10O.C3H8O/c1-2-10-8-9-6-4-3-5-7-9;1-2-9-7-8-5-3-4-6-8;1-2-9-8-6-4-3-5-7-8;1-2-8-7-5-3-4-6-7;1-5-8-6-7(2,3)4;1-5-7(3,4)8-6-2;1-5-7(4)8-6(2)3;1-5-7-6(2,3)4;1-4-5-7-6(2)3;2*1-4-6-5(2)3;1-3-5-6-4-2;1-4(2)5-3;1-3-5-4-2;1-3-4-2/h9H,2-8H2,1H3;2*8H,2-7H2,1H3;7H,2-6H2,1H3;2*5-6H2,1-4H3;6-7H,5H2,1-4H3;5H2,1-4H3;6H,4-5H2,1-3H3;2*5H,4H2,1-3H3;3-5H2,1-2H3;4H,1-3H3;3-4H2,1-2H3;3H2,1-2H3. The van der Waals surface area contributed by atoms with E-state index in [9.17, 15) is 0 Å². The lowest BCUT2D eigenvalue weighted by Gasteiger charge is -2.21. The minimum absolute atomic E-state index is 0.0503. The second-order valence-electron chi connectivity index (χ2n) is 30.5. The van der Waals surface area contributed by atoms with Crippen LogP contribution in [0.15, 0.2) is 0 Å². The van der Waals surface area contributed by atoms with Gasteiger partial charge < -0.3 is 71.1 Å². The van der Waals surface area contributed by atoms with Crippen LogP contribution in [0.2, 0.25) is 0 Å². The van der Waals surface area contributed by atoms with Gasteiger partial charge in [0.1, 0.15) is 0 Å². The van der Waals surface area contributed by atoms with Gasteiger partial charge >= 0.3 is 0 Å². The van der Waals surface area contributed by atoms with E-state index in [0.717, 1.165) is 156 Å². The molecule has 0 spiro atoms.